The van der Waals surface area contributed by atoms with Gasteiger partial charge in [-0.3, -0.25) is 9.59 Å². The van der Waals surface area contributed by atoms with Crippen LogP contribution in [0.5, 0.6) is 0 Å². The van der Waals surface area contributed by atoms with E-state index >= 15 is 0 Å². The molecule has 4 aliphatic carbocycles. The molecule has 1 aromatic carbocycles. The molecule has 6 heteroatoms. The van der Waals surface area contributed by atoms with E-state index in [1.165, 1.54) is 0 Å². The number of fused-ring (bicyclic) bond motifs is 6. The topological polar surface area (TPSA) is 82.1 Å². The van der Waals surface area contributed by atoms with Gasteiger partial charge in [0.1, 0.15) is 12.2 Å². The molecule has 6 nitrogen and oxygen atoms in total. The molecule has 1 saturated heterocycles. The number of hydrogen-bond donors (Lipinski definition) is 1. The monoisotopic (exact) mass is 492 g/mol. The maximum Gasteiger partial charge on any atom is 0.313 e. The molecule has 36 heavy (non-hydrogen) atoms. The van der Waals surface area contributed by atoms with Gasteiger partial charge in [0.2, 0.25) is 0 Å². The highest BCUT2D eigenvalue weighted by Crippen LogP contribution is 2.70. The molecule has 6 rings (SSSR count). The maximum atomic E-state index is 13.9. The number of carbonyl (C=O) groups excluding carboxylic acids is 2. The Morgan fingerprint density at radius 3 is 2.61 bits per heavy atom. The summed E-state index contributed by atoms with van der Waals surface area (Å²) in [6.45, 7) is 6.31. The summed E-state index contributed by atoms with van der Waals surface area (Å²) in [5.41, 5.74) is -0.232. The first-order chi connectivity index (χ1) is 17.1. The number of ketones is 2. The Morgan fingerprint density at radius 1 is 1.14 bits per heavy atom. The summed E-state index contributed by atoms with van der Waals surface area (Å²) in [5, 5.41) is 11.8. The number of Topliss-reactive ketones (excluding diaryl/α,β-unsaturated/α-hetero) is 1. The number of benzene rings is 1. The lowest BCUT2D eigenvalue weighted by atomic mass is 9.46. The molecule has 1 spiro atoms. The third-order valence-electron chi connectivity index (χ3n) is 10.5. The minimum absolute atomic E-state index is 0.00137. The Hall–Kier alpha value is -2.12. The molecule has 1 heterocycles. The molecule has 1 aliphatic heterocycles. The number of aliphatic hydroxyl groups excluding tert-OH is 1. The molecular formula is C30H36O6. The number of rotatable bonds is 2. The van der Waals surface area contributed by atoms with Crippen LogP contribution in [-0.4, -0.2) is 42.1 Å². The Bertz CT molecular complexity index is 1160. The zero-order valence-corrected chi connectivity index (χ0v) is 21.5. The number of ether oxygens (including phenoxy) is 3. The molecule has 192 valence electrons. The van der Waals surface area contributed by atoms with Gasteiger partial charge >= 0.3 is 5.97 Å². The van der Waals surface area contributed by atoms with Crippen LogP contribution in [-0.2, 0) is 29.8 Å². The maximum absolute atomic E-state index is 13.9. The highest BCUT2D eigenvalue weighted by atomic mass is 16.9. The van der Waals surface area contributed by atoms with Gasteiger partial charge in [0, 0.05) is 29.4 Å². The third kappa shape index (κ3) is 2.93. The van der Waals surface area contributed by atoms with E-state index in [9.17, 15) is 14.7 Å². The Labute approximate surface area is 212 Å². The minimum Gasteiger partial charge on any atom is -0.393 e. The second kappa shape index (κ2) is 7.94. The first-order valence-electron chi connectivity index (χ1n) is 13.2. The van der Waals surface area contributed by atoms with Crippen molar-refractivity contribution in [2.75, 3.05) is 13.7 Å². The van der Waals surface area contributed by atoms with Crippen LogP contribution in [0.2, 0.25) is 0 Å². The fourth-order valence-corrected chi connectivity index (χ4v) is 9.02. The lowest BCUT2D eigenvalue weighted by Crippen LogP contribution is -2.68. The first-order valence-corrected chi connectivity index (χ1v) is 13.2. The lowest BCUT2D eigenvalue weighted by Gasteiger charge is -2.61. The average Bonchev–Trinajstić information content (AvgIpc) is 3.08. The molecular weight excluding hydrogens is 456 g/mol. The molecule has 1 unspecified atom stereocenters. The van der Waals surface area contributed by atoms with Gasteiger partial charge in [-0.15, -0.1) is 0 Å². The first kappa shape index (κ1) is 24.2. The van der Waals surface area contributed by atoms with Crippen LogP contribution >= 0.6 is 0 Å². The van der Waals surface area contributed by atoms with Gasteiger partial charge in [0.25, 0.3) is 0 Å². The van der Waals surface area contributed by atoms with Gasteiger partial charge in [0.05, 0.1) is 6.10 Å². The molecule has 4 fully saturated rings. The van der Waals surface area contributed by atoms with Crippen molar-refractivity contribution in [1.82, 2.24) is 0 Å². The standard InChI is InChI=1S/C30H36O6/c1-18-14-23-22-11-10-20-15-21(31)12-13-27(20,2)26(22)24(32)16-28(23,3)29(18)25(33)17-35-30(34-4,36-29)19-8-6-5-7-9-19/h5-9,12-13,15,18,22-24,26,32H,10-11,14,16-17H2,1-4H3/t18-,22-,23-,24-,26-,27-,28-,29-,30?/m0/s1. The summed E-state index contributed by atoms with van der Waals surface area (Å²) in [6.07, 6.45) is 7.83. The van der Waals surface area contributed by atoms with E-state index in [0.29, 0.717) is 12.0 Å². The van der Waals surface area contributed by atoms with Crippen molar-refractivity contribution in [2.45, 2.75) is 64.1 Å². The van der Waals surface area contributed by atoms with Crippen LogP contribution < -0.4 is 0 Å². The summed E-state index contributed by atoms with van der Waals surface area (Å²) in [4.78, 5) is 26.0. The van der Waals surface area contributed by atoms with E-state index in [1.54, 1.807) is 19.3 Å². The normalized spacial score (nSPS) is 47.8. The second-order valence-electron chi connectivity index (χ2n) is 12.0. The minimum atomic E-state index is -1.48. The van der Waals surface area contributed by atoms with Gasteiger partial charge in [-0.2, -0.15) is 0 Å². The van der Waals surface area contributed by atoms with Crippen molar-refractivity contribution in [2.24, 2.45) is 34.5 Å². The van der Waals surface area contributed by atoms with Crippen molar-refractivity contribution in [3.63, 3.8) is 0 Å². The molecule has 0 aromatic heterocycles. The lowest BCUT2D eigenvalue weighted by molar-refractivity contribution is -0.439. The van der Waals surface area contributed by atoms with Gasteiger partial charge in [0.15, 0.2) is 11.6 Å². The molecule has 0 radical (unpaired) electrons. The smallest absolute Gasteiger partial charge is 0.313 e. The number of aliphatic hydroxyl groups is 1. The Balaban J connectivity index is 1.43. The molecule has 3 saturated carbocycles. The van der Waals surface area contributed by atoms with E-state index in [1.807, 2.05) is 36.4 Å². The molecule has 5 aliphatic rings. The SMILES string of the molecule is COC1(c2ccccc2)OCC(=O)[C@@]2(O1)[C@@H](C)C[C@H]1[C@@H]3CCC4=CC(=O)C=C[C@]4(C)[C@@H]3[C@@H](O)C[C@@]12C. The third-order valence-corrected chi connectivity index (χ3v) is 10.5. The molecule has 1 aromatic rings. The van der Waals surface area contributed by atoms with Gasteiger partial charge < -0.3 is 19.3 Å². The van der Waals surface area contributed by atoms with Gasteiger partial charge in [-0.1, -0.05) is 62.8 Å². The Kier molecular flexibility index (Phi) is 5.34. The van der Waals surface area contributed by atoms with Crippen LogP contribution in [0, 0.1) is 34.5 Å². The van der Waals surface area contributed by atoms with Crippen molar-refractivity contribution in [3.8, 4) is 0 Å². The van der Waals surface area contributed by atoms with Crippen molar-refractivity contribution >= 4 is 11.6 Å². The van der Waals surface area contributed by atoms with Gasteiger partial charge in [-0.05, 0) is 55.6 Å². The summed E-state index contributed by atoms with van der Waals surface area (Å²) in [7, 11) is 1.55. The summed E-state index contributed by atoms with van der Waals surface area (Å²) >= 11 is 0. The number of allylic oxidation sites excluding steroid dienone is 4. The molecule has 9 atom stereocenters. The molecule has 0 bridgehead atoms. The van der Waals surface area contributed by atoms with Crippen molar-refractivity contribution < 1.29 is 28.9 Å². The van der Waals surface area contributed by atoms with Crippen LogP contribution in [0.25, 0.3) is 0 Å². The second-order valence-corrected chi connectivity index (χ2v) is 12.0. The number of hydrogen-bond acceptors (Lipinski definition) is 6. The van der Waals surface area contributed by atoms with Crippen molar-refractivity contribution in [1.29, 1.82) is 0 Å². The highest BCUT2D eigenvalue weighted by molar-refractivity contribution is 6.01. The van der Waals surface area contributed by atoms with E-state index in [-0.39, 0.29) is 47.3 Å². The summed E-state index contributed by atoms with van der Waals surface area (Å²) in [6, 6.07) is 9.51. The molecule has 1 N–H and O–H groups in total. The van der Waals surface area contributed by atoms with Crippen LogP contribution in [0.15, 0.2) is 54.1 Å². The van der Waals surface area contributed by atoms with E-state index in [0.717, 1.165) is 24.8 Å². The number of methoxy groups -OCH3 is 1. The number of carbonyl (C=O) groups is 2. The fourth-order valence-electron chi connectivity index (χ4n) is 9.02. The zero-order chi connectivity index (χ0) is 25.5. The summed E-state index contributed by atoms with van der Waals surface area (Å²) < 4.78 is 18.7. The summed E-state index contributed by atoms with van der Waals surface area (Å²) in [5.74, 6) is -1.18. The fraction of sp³-hybridized carbons (Fsp3) is 0.600. The Morgan fingerprint density at radius 2 is 1.89 bits per heavy atom. The zero-order valence-electron chi connectivity index (χ0n) is 21.5. The van der Waals surface area contributed by atoms with E-state index in [2.05, 4.69) is 20.8 Å². The van der Waals surface area contributed by atoms with Crippen molar-refractivity contribution in [3.05, 3.63) is 59.7 Å². The van der Waals surface area contributed by atoms with Crippen LogP contribution in [0.1, 0.15) is 52.0 Å². The highest BCUT2D eigenvalue weighted by Gasteiger charge is 2.74. The van der Waals surface area contributed by atoms with E-state index < -0.39 is 23.1 Å². The largest absolute Gasteiger partial charge is 0.393 e. The quantitative estimate of drug-likeness (QED) is 0.662. The average molecular weight is 493 g/mol. The van der Waals surface area contributed by atoms with E-state index in [4.69, 9.17) is 14.2 Å². The predicted octanol–water partition coefficient (Wildman–Crippen LogP) is 4.32. The predicted molar refractivity (Wildman–Crippen MR) is 132 cm³/mol. The van der Waals surface area contributed by atoms with Gasteiger partial charge in [-0.25, -0.2) is 0 Å². The molecule has 0 amide bonds. The van der Waals surface area contributed by atoms with Crippen LogP contribution in [0.4, 0.5) is 0 Å². The van der Waals surface area contributed by atoms with Crippen LogP contribution in [0.3, 0.4) is 0 Å².